The van der Waals surface area contributed by atoms with Gasteiger partial charge in [-0.2, -0.15) is 5.10 Å². The Balaban J connectivity index is 1.48. The van der Waals surface area contributed by atoms with Crippen molar-refractivity contribution in [1.82, 2.24) is 25.0 Å². The predicted molar refractivity (Wildman–Crippen MR) is 97.1 cm³/mol. The van der Waals surface area contributed by atoms with Crippen molar-refractivity contribution in [2.45, 2.75) is 39.7 Å². The topological polar surface area (TPSA) is 65.1 Å². The molecule has 0 aromatic carbocycles. The van der Waals surface area contributed by atoms with Crippen LogP contribution in [0.2, 0.25) is 0 Å². The number of hydrogen-bond donors (Lipinski definition) is 1. The van der Waals surface area contributed by atoms with E-state index in [-0.39, 0.29) is 5.91 Å². The molecule has 1 N–H and O–H groups in total. The average Bonchev–Trinajstić information content (AvgIpc) is 2.82. The summed E-state index contributed by atoms with van der Waals surface area (Å²) in [5.74, 6) is 0.241. The minimum atomic E-state index is 0.241. The Morgan fingerprint density at radius 3 is 2.68 bits per heavy atom. The van der Waals surface area contributed by atoms with Gasteiger partial charge in [-0.25, -0.2) is 0 Å². The molecule has 2 aromatic heterocycles. The molecular formula is C19H27N5O. The fraction of sp³-hybridized carbons (Fsp3) is 0.526. The van der Waals surface area contributed by atoms with E-state index in [1.54, 1.807) is 0 Å². The van der Waals surface area contributed by atoms with E-state index in [0.29, 0.717) is 12.8 Å². The number of carbonyl (C=O) groups is 1. The number of amides is 1. The monoisotopic (exact) mass is 341 g/mol. The third-order valence-electron chi connectivity index (χ3n) is 5.03. The number of nitrogens with zero attached hydrogens (tertiary/aromatic N) is 4. The van der Waals surface area contributed by atoms with Gasteiger partial charge in [0.15, 0.2) is 0 Å². The third kappa shape index (κ3) is 4.66. The molecular weight excluding hydrogens is 314 g/mol. The Morgan fingerprint density at radius 1 is 1.16 bits per heavy atom. The summed E-state index contributed by atoms with van der Waals surface area (Å²) in [5, 5.41) is 7.29. The van der Waals surface area contributed by atoms with Gasteiger partial charge in [-0.05, 0) is 43.5 Å². The van der Waals surface area contributed by atoms with E-state index in [1.165, 1.54) is 11.1 Å². The molecule has 0 saturated carbocycles. The van der Waals surface area contributed by atoms with Crippen LogP contribution >= 0.6 is 0 Å². The van der Waals surface area contributed by atoms with E-state index in [0.717, 1.165) is 50.5 Å². The van der Waals surface area contributed by atoms with E-state index in [9.17, 15) is 4.79 Å². The van der Waals surface area contributed by atoms with E-state index < -0.39 is 0 Å². The highest BCUT2D eigenvalue weighted by Crippen LogP contribution is 2.13. The van der Waals surface area contributed by atoms with Gasteiger partial charge in [0.2, 0.25) is 5.91 Å². The highest BCUT2D eigenvalue weighted by Gasteiger charge is 2.19. The number of rotatable bonds is 5. The number of hydrogen-bond acceptors (Lipinski definition) is 4. The molecule has 1 aliphatic rings. The maximum atomic E-state index is 12.6. The average molecular weight is 341 g/mol. The molecule has 6 heteroatoms. The number of aromatic amines is 1. The van der Waals surface area contributed by atoms with Crippen molar-refractivity contribution in [3.63, 3.8) is 0 Å². The normalized spacial score (nSPS) is 16.0. The molecule has 0 radical (unpaired) electrons. The second-order valence-corrected chi connectivity index (χ2v) is 6.79. The number of aryl methyl sites for hydroxylation is 2. The van der Waals surface area contributed by atoms with Crippen molar-refractivity contribution in [2.24, 2.45) is 0 Å². The van der Waals surface area contributed by atoms with Crippen LogP contribution in [0.5, 0.6) is 0 Å². The third-order valence-corrected chi connectivity index (χ3v) is 5.03. The summed E-state index contributed by atoms with van der Waals surface area (Å²) in [6.07, 6.45) is 5.95. The number of nitrogens with one attached hydrogen (secondary N) is 1. The van der Waals surface area contributed by atoms with Crippen LogP contribution in [-0.2, 0) is 17.8 Å². The molecule has 0 aliphatic carbocycles. The van der Waals surface area contributed by atoms with Gasteiger partial charge in [0, 0.05) is 63.7 Å². The van der Waals surface area contributed by atoms with Crippen LogP contribution in [-0.4, -0.2) is 57.1 Å². The second kappa shape index (κ2) is 8.25. The van der Waals surface area contributed by atoms with Crippen LogP contribution in [0.1, 0.15) is 35.4 Å². The highest BCUT2D eigenvalue weighted by molar-refractivity contribution is 5.76. The maximum absolute atomic E-state index is 12.6. The van der Waals surface area contributed by atoms with Crippen LogP contribution in [0.25, 0.3) is 0 Å². The molecule has 1 amide bonds. The summed E-state index contributed by atoms with van der Waals surface area (Å²) in [5.41, 5.74) is 4.55. The lowest BCUT2D eigenvalue weighted by Crippen LogP contribution is -2.35. The van der Waals surface area contributed by atoms with E-state index in [1.807, 2.05) is 24.2 Å². The summed E-state index contributed by atoms with van der Waals surface area (Å²) >= 11 is 0. The summed E-state index contributed by atoms with van der Waals surface area (Å²) in [7, 11) is 0. The molecule has 1 saturated heterocycles. The lowest BCUT2D eigenvalue weighted by atomic mass is 10.1. The zero-order valence-electron chi connectivity index (χ0n) is 15.2. The van der Waals surface area contributed by atoms with Crippen molar-refractivity contribution in [3.8, 4) is 0 Å². The van der Waals surface area contributed by atoms with E-state index >= 15 is 0 Å². The van der Waals surface area contributed by atoms with Gasteiger partial charge in [0.25, 0.3) is 0 Å². The van der Waals surface area contributed by atoms with Crippen LogP contribution in [0, 0.1) is 13.8 Å². The van der Waals surface area contributed by atoms with Crippen molar-refractivity contribution in [3.05, 3.63) is 47.0 Å². The summed E-state index contributed by atoms with van der Waals surface area (Å²) in [6, 6.07) is 4.12. The van der Waals surface area contributed by atoms with E-state index in [4.69, 9.17) is 0 Å². The first-order chi connectivity index (χ1) is 12.1. The van der Waals surface area contributed by atoms with Crippen LogP contribution in [0.4, 0.5) is 0 Å². The number of aromatic nitrogens is 3. The second-order valence-electron chi connectivity index (χ2n) is 6.79. The Kier molecular flexibility index (Phi) is 5.81. The van der Waals surface area contributed by atoms with Crippen molar-refractivity contribution in [1.29, 1.82) is 0 Å². The number of pyridine rings is 1. The summed E-state index contributed by atoms with van der Waals surface area (Å²) < 4.78 is 0. The number of H-pyrrole nitrogens is 1. The molecule has 0 unspecified atom stereocenters. The maximum Gasteiger partial charge on any atom is 0.223 e. The molecule has 0 bridgehead atoms. The fourth-order valence-electron chi connectivity index (χ4n) is 3.29. The summed E-state index contributed by atoms with van der Waals surface area (Å²) in [6.45, 7) is 8.61. The standard InChI is InChI=1S/C19H27N5O/c1-15-16(2)21-22-18(15)4-5-19(25)24-11-3-10-23(12-13-24)14-17-6-8-20-9-7-17/h6-9H,3-5,10-14H2,1-2H3,(H,21,22). The van der Waals surface area contributed by atoms with Gasteiger partial charge in [-0.15, -0.1) is 0 Å². The fourth-order valence-corrected chi connectivity index (χ4v) is 3.29. The Bertz CT molecular complexity index is 697. The highest BCUT2D eigenvalue weighted by atomic mass is 16.2. The molecule has 6 nitrogen and oxygen atoms in total. The lowest BCUT2D eigenvalue weighted by molar-refractivity contribution is -0.131. The van der Waals surface area contributed by atoms with Gasteiger partial charge in [-0.1, -0.05) is 0 Å². The van der Waals surface area contributed by atoms with Gasteiger partial charge < -0.3 is 4.90 Å². The minimum absolute atomic E-state index is 0.241. The molecule has 0 spiro atoms. The molecule has 1 fully saturated rings. The molecule has 3 heterocycles. The van der Waals surface area contributed by atoms with E-state index in [2.05, 4.69) is 39.1 Å². The van der Waals surface area contributed by atoms with Crippen molar-refractivity contribution >= 4 is 5.91 Å². The van der Waals surface area contributed by atoms with Crippen molar-refractivity contribution < 1.29 is 4.79 Å². The molecule has 2 aromatic rings. The molecule has 0 atom stereocenters. The quantitative estimate of drug-likeness (QED) is 0.904. The van der Waals surface area contributed by atoms with Crippen LogP contribution in [0.15, 0.2) is 24.5 Å². The Morgan fingerprint density at radius 2 is 1.96 bits per heavy atom. The molecule has 134 valence electrons. The molecule has 3 rings (SSSR count). The zero-order chi connectivity index (χ0) is 17.6. The molecule has 1 aliphatic heterocycles. The SMILES string of the molecule is Cc1[nH]nc(CCC(=O)N2CCCN(Cc3ccncc3)CC2)c1C. The largest absolute Gasteiger partial charge is 0.341 e. The van der Waals surface area contributed by atoms with Gasteiger partial charge in [-0.3, -0.25) is 19.8 Å². The number of carbonyl (C=O) groups excluding carboxylic acids is 1. The first-order valence-corrected chi connectivity index (χ1v) is 9.03. The van der Waals surface area contributed by atoms with Gasteiger partial charge in [0.05, 0.1) is 5.69 Å². The van der Waals surface area contributed by atoms with Crippen LogP contribution in [0.3, 0.4) is 0 Å². The minimum Gasteiger partial charge on any atom is -0.341 e. The van der Waals surface area contributed by atoms with Crippen LogP contribution < -0.4 is 0 Å². The van der Waals surface area contributed by atoms with Crippen molar-refractivity contribution in [2.75, 3.05) is 26.2 Å². The first-order valence-electron chi connectivity index (χ1n) is 9.03. The lowest BCUT2D eigenvalue weighted by Gasteiger charge is -2.22. The van der Waals surface area contributed by atoms with Gasteiger partial charge >= 0.3 is 0 Å². The Labute approximate surface area is 149 Å². The molecule has 25 heavy (non-hydrogen) atoms. The smallest absolute Gasteiger partial charge is 0.223 e. The zero-order valence-corrected chi connectivity index (χ0v) is 15.2. The van der Waals surface area contributed by atoms with Gasteiger partial charge in [0.1, 0.15) is 0 Å². The first kappa shape index (κ1) is 17.6. The Hall–Kier alpha value is -2.21. The summed E-state index contributed by atoms with van der Waals surface area (Å²) in [4.78, 5) is 21.1. The predicted octanol–water partition coefficient (Wildman–Crippen LogP) is 2.09.